The largest absolute Gasteiger partial charge is 0.507 e. The van der Waals surface area contributed by atoms with Crippen molar-refractivity contribution < 1.29 is 53.3 Å². The van der Waals surface area contributed by atoms with Crippen LogP contribution in [-0.2, 0) is 32.2 Å². The van der Waals surface area contributed by atoms with Crippen LogP contribution in [0.3, 0.4) is 0 Å². The first-order valence-electron chi connectivity index (χ1n) is 14.5. The third-order valence-electron chi connectivity index (χ3n) is 8.81. The van der Waals surface area contributed by atoms with Gasteiger partial charge in [-0.05, 0) is 37.1 Å². The molecule has 6 rings (SSSR count). The normalized spacial score (nSPS) is 20.8. The molecule has 0 spiro atoms. The van der Waals surface area contributed by atoms with Crippen molar-refractivity contribution in [3.8, 4) is 45.6 Å². The number of phenols is 2. The molecular formula is C34H36O11. The van der Waals surface area contributed by atoms with E-state index in [2.05, 4.69) is 0 Å². The molecule has 0 radical (unpaired) electrons. The van der Waals surface area contributed by atoms with Crippen molar-refractivity contribution in [2.24, 2.45) is 0 Å². The van der Waals surface area contributed by atoms with Crippen molar-refractivity contribution in [2.45, 2.75) is 58.4 Å². The minimum absolute atomic E-state index is 0.00510. The molecule has 2 aliphatic rings. The first-order valence-corrected chi connectivity index (χ1v) is 14.5. The van der Waals surface area contributed by atoms with Crippen LogP contribution in [0.1, 0.15) is 55.2 Å². The quantitative estimate of drug-likeness (QED) is 0.233. The molecule has 0 aliphatic carbocycles. The summed E-state index contributed by atoms with van der Waals surface area (Å²) in [6.45, 7) is 4.86. The van der Waals surface area contributed by atoms with Crippen molar-refractivity contribution in [2.75, 3.05) is 28.4 Å². The topological polar surface area (TPSA) is 142 Å². The number of phenolic OH excluding ortho intramolecular Hbond substituents is 2. The van der Waals surface area contributed by atoms with E-state index in [4.69, 9.17) is 33.2 Å². The van der Waals surface area contributed by atoms with Gasteiger partial charge in [0.2, 0.25) is 0 Å². The first-order chi connectivity index (χ1) is 21.6. The summed E-state index contributed by atoms with van der Waals surface area (Å²) in [6.07, 6.45) is -3.35. The van der Waals surface area contributed by atoms with E-state index in [0.717, 1.165) is 0 Å². The Morgan fingerprint density at radius 2 is 1.20 bits per heavy atom. The molecule has 0 saturated carbocycles. The zero-order valence-electron chi connectivity index (χ0n) is 26.1. The Hall–Kier alpha value is -4.45. The van der Waals surface area contributed by atoms with E-state index >= 15 is 0 Å². The number of ether oxygens (including phenoxy) is 7. The molecular weight excluding hydrogens is 584 g/mol. The van der Waals surface area contributed by atoms with E-state index in [-0.39, 0.29) is 24.7 Å². The minimum Gasteiger partial charge on any atom is -0.507 e. The van der Waals surface area contributed by atoms with Gasteiger partial charge in [-0.1, -0.05) is 0 Å². The fraction of sp³-hybridized carbons (Fsp3) is 0.382. The molecule has 0 bridgehead atoms. The van der Waals surface area contributed by atoms with Gasteiger partial charge in [-0.3, -0.25) is 4.79 Å². The predicted octanol–water partition coefficient (Wildman–Crippen LogP) is 5.58. The molecule has 3 N–H and O–H groups in total. The van der Waals surface area contributed by atoms with Crippen molar-refractivity contribution in [3.05, 3.63) is 46.5 Å². The summed E-state index contributed by atoms with van der Waals surface area (Å²) in [7, 11) is 6.02. The number of hydrogen-bond donors (Lipinski definition) is 3. The number of hydrogen-bond acceptors (Lipinski definition) is 11. The lowest BCUT2D eigenvalue weighted by Gasteiger charge is -2.37. The smallest absolute Gasteiger partial charge is 0.303 e. The van der Waals surface area contributed by atoms with Crippen LogP contribution in [-0.4, -0.2) is 61.9 Å². The summed E-state index contributed by atoms with van der Waals surface area (Å²) < 4.78 is 40.7. The molecule has 11 nitrogen and oxygen atoms in total. The Morgan fingerprint density at radius 1 is 0.733 bits per heavy atom. The first kappa shape index (κ1) is 30.6. The maximum atomic E-state index is 12.5. The van der Waals surface area contributed by atoms with Gasteiger partial charge in [0.05, 0.1) is 64.6 Å². The molecule has 0 aromatic heterocycles. The Morgan fingerprint density at radius 3 is 1.67 bits per heavy atom. The second-order valence-corrected chi connectivity index (χ2v) is 11.2. The highest BCUT2D eigenvalue weighted by atomic mass is 16.6. The van der Waals surface area contributed by atoms with Gasteiger partial charge in [0, 0.05) is 52.1 Å². The molecule has 0 saturated heterocycles. The Labute approximate surface area is 259 Å². The number of aromatic hydroxyl groups is 2. The number of fused-ring (bicyclic) bond motifs is 4. The van der Waals surface area contributed by atoms with E-state index in [1.165, 1.54) is 35.4 Å². The van der Waals surface area contributed by atoms with Crippen molar-refractivity contribution in [3.63, 3.8) is 0 Å². The van der Waals surface area contributed by atoms with Crippen LogP contribution >= 0.6 is 0 Å². The maximum Gasteiger partial charge on any atom is 0.303 e. The molecule has 4 aromatic rings. The number of esters is 1. The van der Waals surface area contributed by atoms with Crippen LogP contribution in [0, 0.1) is 0 Å². The van der Waals surface area contributed by atoms with E-state index in [1.54, 1.807) is 38.1 Å². The summed E-state index contributed by atoms with van der Waals surface area (Å²) >= 11 is 0. The van der Waals surface area contributed by atoms with Gasteiger partial charge in [-0.25, -0.2) is 0 Å². The average molecular weight is 621 g/mol. The average Bonchev–Trinajstić information content (AvgIpc) is 3.03. The Bertz CT molecular complexity index is 1850. The predicted molar refractivity (Wildman–Crippen MR) is 164 cm³/mol. The zero-order chi connectivity index (χ0) is 32.3. The number of carbonyl (C=O) groups excluding carboxylic acids is 1. The molecule has 0 fully saturated rings. The number of benzene rings is 4. The van der Waals surface area contributed by atoms with Gasteiger partial charge < -0.3 is 48.5 Å². The van der Waals surface area contributed by atoms with Crippen molar-refractivity contribution >= 4 is 27.5 Å². The highest BCUT2D eigenvalue weighted by Crippen LogP contribution is 2.57. The molecule has 11 heteroatoms. The van der Waals surface area contributed by atoms with E-state index in [9.17, 15) is 20.1 Å². The van der Waals surface area contributed by atoms with Gasteiger partial charge in [0.25, 0.3) is 0 Å². The van der Waals surface area contributed by atoms with Gasteiger partial charge in [-0.15, -0.1) is 0 Å². The van der Waals surface area contributed by atoms with Crippen molar-refractivity contribution in [1.82, 2.24) is 0 Å². The number of aliphatic hydroxyl groups excluding tert-OH is 1. The Kier molecular flexibility index (Phi) is 7.80. The monoisotopic (exact) mass is 620 g/mol. The van der Waals surface area contributed by atoms with Crippen LogP contribution in [0.15, 0.2) is 24.3 Å². The highest BCUT2D eigenvalue weighted by Gasteiger charge is 2.41. The molecule has 0 amide bonds. The lowest BCUT2D eigenvalue weighted by Crippen LogP contribution is -2.30. The van der Waals surface area contributed by atoms with Crippen molar-refractivity contribution in [1.29, 1.82) is 0 Å². The SMILES string of the molecule is COc1cc(OC)c2c(O)c3c(c(-c4c5c(c(O)c6c(OC)cc(OC)cc46)COC(C)C5OC(C)=O)c2c1)C(O)C(C)OC3. The number of aliphatic hydroxyl groups is 1. The molecule has 4 aromatic carbocycles. The number of carbonyl (C=O) groups is 1. The number of methoxy groups -OCH3 is 4. The summed E-state index contributed by atoms with van der Waals surface area (Å²) in [5.41, 5.74) is 2.73. The Balaban J connectivity index is 1.95. The highest BCUT2D eigenvalue weighted by molar-refractivity contribution is 6.15. The fourth-order valence-corrected chi connectivity index (χ4v) is 6.65. The third kappa shape index (κ3) is 4.65. The summed E-state index contributed by atoms with van der Waals surface area (Å²) in [5, 5.41) is 37.1. The van der Waals surface area contributed by atoms with Gasteiger partial charge >= 0.3 is 5.97 Å². The fourth-order valence-electron chi connectivity index (χ4n) is 6.65. The van der Waals surface area contributed by atoms with Crippen LogP contribution in [0.25, 0.3) is 32.7 Å². The minimum atomic E-state index is -1.17. The molecule has 2 heterocycles. The lowest BCUT2D eigenvalue weighted by atomic mass is 9.77. The summed E-state index contributed by atoms with van der Waals surface area (Å²) in [4.78, 5) is 12.5. The van der Waals surface area contributed by atoms with Gasteiger partial charge in [-0.2, -0.15) is 0 Å². The lowest BCUT2D eigenvalue weighted by molar-refractivity contribution is -0.157. The summed E-state index contributed by atoms with van der Waals surface area (Å²) in [5.74, 6) is 0.798. The molecule has 238 valence electrons. The van der Waals surface area contributed by atoms with Gasteiger partial charge in [0.1, 0.15) is 40.6 Å². The second-order valence-electron chi connectivity index (χ2n) is 11.2. The third-order valence-corrected chi connectivity index (χ3v) is 8.81. The molecule has 45 heavy (non-hydrogen) atoms. The summed E-state index contributed by atoms with van der Waals surface area (Å²) in [6, 6.07) is 6.84. The number of rotatable bonds is 6. The standard InChI is InChI=1S/C34H36O11/c1-14-31(36)29-21(12-43-14)32(37)25-19(8-17(39-4)10-23(25)41-6)27(29)28-20-9-18(40-5)11-24(42-7)26(20)33(38)22-13-44-15(2)34(30(22)28)45-16(3)35/h8-11,14-15,31,34,36-38H,12-13H2,1-7H3. The van der Waals surface area contributed by atoms with E-state index in [0.29, 0.717) is 77.9 Å². The van der Waals surface area contributed by atoms with Crippen LogP contribution in [0.4, 0.5) is 0 Å². The molecule has 4 unspecified atom stereocenters. The van der Waals surface area contributed by atoms with E-state index in [1.807, 2.05) is 0 Å². The molecule has 4 atom stereocenters. The maximum absolute atomic E-state index is 12.5. The van der Waals surface area contributed by atoms with E-state index < -0.39 is 30.4 Å². The second kappa shape index (κ2) is 11.5. The zero-order valence-corrected chi connectivity index (χ0v) is 26.1. The van der Waals surface area contributed by atoms with Crippen LogP contribution in [0.2, 0.25) is 0 Å². The molecule has 2 aliphatic heterocycles. The van der Waals surface area contributed by atoms with Crippen LogP contribution in [0.5, 0.6) is 34.5 Å². The van der Waals surface area contributed by atoms with Gasteiger partial charge in [0.15, 0.2) is 6.10 Å². The van der Waals surface area contributed by atoms with Crippen LogP contribution < -0.4 is 18.9 Å².